The molecule has 3 aromatic rings. The van der Waals surface area contributed by atoms with Crippen LogP contribution >= 0.6 is 0 Å². The molecule has 2 heterocycles. The van der Waals surface area contributed by atoms with Crippen molar-refractivity contribution in [1.82, 2.24) is 19.6 Å². The van der Waals surface area contributed by atoms with E-state index in [9.17, 15) is 9.00 Å². The van der Waals surface area contributed by atoms with Crippen molar-refractivity contribution in [3.05, 3.63) is 58.3 Å². The minimum atomic E-state index is -1.48. The molecule has 156 valence electrons. The van der Waals surface area contributed by atoms with Gasteiger partial charge in [-0.05, 0) is 63.5 Å². The van der Waals surface area contributed by atoms with Crippen LogP contribution in [0.1, 0.15) is 51.3 Å². The second-order valence-corrected chi connectivity index (χ2v) is 11.5. The van der Waals surface area contributed by atoms with E-state index < -0.39 is 15.7 Å². The Kier molecular flexibility index (Phi) is 4.16. The summed E-state index contributed by atoms with van der Waals surface area (Å²) in [5.74, 6) is 0.827. The van der Waals surface area contributed by atoms with Crippen LogP contribution in [0.2, 0.25) is 0 Å². The molecule has 0 radical (unpaired) electrons. The highest BCUT2D eigenvalue weighted by molar-refractivity contribution is 7.85. The fourth-order valence-electron chi connectivity index (χ4n) is 4.35. The lowest BCUT2D eigenvalue weighted by Crippen LogP contribution is -2.59. The lowest BCUT2D eigenvalue weighted by Gasteiger charge is -2.61. The normalized spacial score (nSPS) is 24.4. The summed E-state index contributed by atoms with van der Waals surface area (Å²) in [5.41, 5.74) is 1.87. The predicted octanol–water partition coefficient (Wildman–Crippen LogP) is 2.94. The van der Waals surface area contributed by atoms with Gasteiger partial charge >= 0.3 is 0 Å². The van der Waals surface area contributed by atoms with E-state index in [1.54, 1.807) is 23.9 Å². The Labute approximate surface area is 177 Å². The first-order valence-electron chi connectivity index (χ1n) is 10.2. The summed E-state index contributed by atoms with van der Waals surface area (Å²) in [6.07, 6.45) is 7.13. The molecule has 8 heteroatoms. The van der Waals surface area contributed by atoms with E-state index in [1.807, 2.05) is 49.8 Å². The number of hydrogen-bond donors (Lipinski definition) is 0. The largest absolute Gasteiger partial charge is 0.318 e. The van der Waals surface area contributed by atoms with Gasteiger partial charge in [0.2, 0.25) is 0 Å². The number of fused-ring (bicyclic) bond motifs is 1. The third-order valence-corrected chi connectivity index (χ3v) is 7.70. The lowest BCUT2D eigenvalue weighted by molar-refractivity contribution is -0.0988. The van der Waals surface area contributed by atoms with Crippen LogP contribution in [0, 0.1) is 5.92 Å². The predicted molar refractivity (Wildman–Crippen MR) is 118 cm³/mol. The summed E-state index contributed by atoms with van der Waals surface area (Å²) in [5, 5.41) is 10.2. The summed E-state index contributed by atoms with van der Waals surface area (Å²) in [7, 11) is 0.246. The summed E-state index contributed by atoms with van der Waals surface area (Å²) in [4.78, 5) is 12.6. The van der Waals surface area contributed by atoms with Crippen LogP contribution in [-0.4, -0.2) is 34.2 Å². The number of benzene rings is 1. The Hall–Kier alpha value is -2.61. The monoisotopic (exact) mass is 423 g/mol. The summed E-state index contributed by atoms with van der Waals surface area (Å²) in [6, 6.07) is 7.44. The van der Waals surface area contributed by atoms with Gasteiger partial charge in [0.1, 0.15) is 22.4 Å². The number of aromatic nitrogens is 4. The van der Waals surface area contributed by atoms with Crippen LogP contribution in [0.15, 0.2) is 45.9 Å². The molecule has 0 spiro atoms. The van der Waals surface area contributed by atoms with Crippen molar-refractivity contribution in [3.63, 3.8) is 0 Å². The molecule has 30 heavy (non-hydrogen) atoms. The molecule has 1 atom stereocenters. The molecule has 3 fully saturated rings. The van der Waals surface area contributed by atoms with Crippen molar-refractivity contribution in [2.75, 3.05) is 0 Å². The highest BCUT2D eigenvalue weighted by atomic mass is 32.2. The molecule has 0 aliphatic heterocycles. The van der Waals surface area contributed by atoms with Crippen LogP contribution < -0.4 is 5.56 Å². The maximum absolute atomic E-state index is 13.0. The highest BCUT2D eigenvalue weighted by Gasteiger charge is 2.58. The molecular weight excluding hydrogens is 398 g/mol. The van der Waals surface area contributed by atoms with Gasteiger partial charge in [-0.25, -0.2) is 8.89 Å². The number of aryl methyl sites for hydroxylation is 1. The third kappa shape index (κ3) is 2.88. The summed E-state index contributed by atoms with van der Waals surface area (Å²) < 4.78 is 20.6. The SMILES string of the molecule is Cn1ccc2c(C(=N[S@](=O)C(C)(C)C)c3cn(C45CC(C4)C5)nn3)cccc2c1=O. The Bertz CT molecular complexity index is 1260. The van der Waals surface area contributed by atoms with Gasteiger partial charge in [0.25, 0.3) is 5.56 Å². The van der Waals surface area contributed by atoms with Crippen molar-refractivity contribution in [1.29, 1.82) is 0 Å². The van der Waals surface area contributed by atoms with Crippen molar-refractivity contribution in [3.8, 4) is 0 Å². The molecule has 2 bridgehead atoms. The molecule has 0 unspecified atom stereocenters. The molecule has 0 amide bonds. The number of nitrogens with zero attached hydrogens (tertiary/aromatic N) is 5. The highest BCUT2D eigenvalue weighted by Crippen LogP contribution is 2.61. The number of hydrogen-bond acceptors (Lipinski definition) is 4. The first-order chi connectivity index (χ1) is 14.2. The van der Waals surface area contributed by atoms with E-state index in [0.717, 1.165) is 36.1 Å². The minimum absolute atomic E-state index is 0.0804. The van der Waals surface area contributed by atoms with Gasteiger partial charge < -0.3 is 4.57 Å². The van der Waals surface area contributed by atoms with Crippen molar-refractivity contribution in [2.45, 2.75) is 50.3 Å². The molecular formula is C22H25N5O2S. The molecule has 3 aliphatic rings. The first-order valence-corrected chi connectivity index (χ1v) is 11.3. The van der Waals surface area contributed by atoms with E-state index in [4.69, 9.17) is 0 Å². The van der Waals surface area contributed by atoms with E-state index >= 15 is 0 Å². The zero-order chi connectivity index (χ0) is 21.3. The molecule has 1 aromatic carbocycles. The average Bonchev–Trinajstić information content (AvgIpc) is 3.08. The molecule has 3 aliphatic carbocycles. The summed E-state index contributed by atoms with van der Waals surface area (Å²) >= 11 is 0. The van der Waals surface area contributed by atoms with Crippen molar-refractivity contribution in [2.24, 2.45) is 17.4 Å². The van der Waals surface area contributed by atoms with Gasteiger partial charge in [0.15, 0.2) is 0 Å². The fraction of sp³-hybridized carbons (Fsp3) is 0.455. The smallest absolute Gasteiger partial charge is 0.258 e. The lowest BCUT2D eigenvalue weighted by atomic mass is 9.50. The van der Waals surface area contributed by atoms with Crippen LogP contribution in [0.4, 0.5) is 0 Å². The minimum Gasteiger partial charge on any atom is -0.318 e. The Morgan fingerprint density at radius 3 is 2.57 bits per heavy atom. The molecule has 2 aromatic heterocycles. The van der Waals surface area contributed by atoms with E-state index in [-0.39, 0.29) is 11.1 Å². The maximum atomic E-state index is 13.0. The topological polar surface area (TPSA) is 82.1 Å². The van der Waals surface area contributed by atoms with Gasteiger partial charge in [-0.3, -0.25) is 4.79 Å². The number of rotatable bonds is 4. The van der Waals surface area contributed by atoms with Crippen LogP contribution in [0.5, 0.6) is 0 Å². The molecule has 0 saturated heterocycles. The molecule has 6 rings (SSSR count). The van der Waals surface area contributed by atoms with Gasteiger partial charge in [0.05, 0.1) is 16.5 Å². The van der Waals surface area contributed by atoms with Gasteiger partial charge in [-0.15, -0.1) is 5.10 Å². The molecule has 3 saturated carbocycles. The second-order valence-electron chi connectivity index (χ2n) is 9.55. The maximum Gasteiger partial charge on any atom is 0.258 e. The summed E-state index contributed by atoms with van der Waals surface area (Å²) in [6.45, 7) is 5.67. The Morgan fingerprint density at radius 1 is 1.20 bits per heavy atom. The zero-order valence-electron chi connectivity index (χ0n) is 17.6. The number of pyridine rings is 1. The Balaban J connectivity index is 1.69. The average molecular weight is 424 g/mol. The first kappa shape index (κ1) is 19.4. The third-order valence-electron chi connectivity index (χ3n) is 6.30. The van der Waals surface area contributed by atoms with Crippen molar-refractivity contribution < 1.29 is 4.21 Å². The van der Waals surface area contributed by atoms with E-state index in [0.29, 0.717) is 16.8 Å². The van der Waals surface area contributed by atoms with Gasteiger partial charge in [-0.1, -0.05) is 17.3 Å². The second kappa shape index (κ2) is 6.44. The van der Waals surface area contributed by atoms with Crippen LogP contribution in [-0.2, 0) is 23.6 Å². The van der Waals surface area contributed by atoms with Gasteiger partial charge in [0, 0.05) is 24.2 Å². The molecule has 0 N–H and O–H groups in total. The molecule has 7 nitrogen and oxygen atoms in total. The van der Waals surface area contributed by atoms with E-state index in [1.165, 1.54) is 0 Å². The standard InChI is InChI=1S/C22H25N5O2S/c1-21(2,3)30(29)24-19(18-13-27(25-23-18)22-10-14(11-22)12-22)16-6-5-7-17-15(16)8-9-26(4)20(17)28/h5-9,13-14H,10-12H2,1-4H3/t14?,22?,30-/m1/s1. The van der Waals surface area contributed by atoms with E-state index in [2.05, 4.69) is 14.7 Å². The zero-order valence-corrected chi connectivity index (χ0v) is 18.4. The van der Waals surface area contributed by atoms with Crippen molar-refractivity contribution >= 4 is 27.5 Å². The fourth-order valence-corrected chi connectivity index (χ4v) is 4.98. The van der Waals surface area contributed by atoms with Gasteiger partial charge in [-0.2, -0.15) is 4.40 Å². The quantitative estimate of drug-likeness (QED) is 0.604. The van der Waals surface area contributed by atoms with Crippen LogP contribution in [0.3, 0.4) is 0 Å². The van der Waals surface area contributed by atoms with Crippen LogP contribution in [0.25, 0.3) is 10.8 Å². The Morgan fingerprint density at radius 2 is 1.93 bits per heavy atom.